The SMILES string of the molecule is O=C(Cc1c[nH]c2ccccc12)NCCCOC1CCCCC1. The van der Waals surface area contributed by atoms with Crippen LogP contribution in [0.2, 0.25) is 0 Å². The first-order valence-corrected chi connectivity index (χ1v) is 8.76. The standard InChI is InChI=1S/C19H26N2O2/c22-19(13-15-14-21-18-10-5-4-9-17(15)18)20-11-6-12-23-16-7-2-1-3-8-16/h4-5,9-10,14,16,21H,1-3,6-8,11-13H2,(H,20,22). The molecule has 1 aliphatic carbocycles. The third-order valence-corrected chi connectivity index (χ3v) is 4.57. The van der Waals surface area contributed by atoms with E-state index in [0.29, 0.717) is 19.1 Å². The highest BCUT2D eigenvalue weighted by Crippen LogP contribution is 2.20. The van der Waals surface area contributed by atoms with E-state index in [1.165, 1.54) is 32.1 Å². The third kappa shape index (κ3) is 4.58. The van der Waals surface area contributed by atoms with Crippen molar-refractivity contribution < 1.29 is 9.53 Å². The van der Waals surface area contributed by atoms with E-state index < -0.39 is 0 Å². The van der Waals surface area contributed by atoms with Crippen molar-refractivity contribution in [2.24, 2.45) is 0 Å². The zero-order valence-electron chi connectivity index (χ0n) is 13.6. The molecule has 23 heavy (non-hydrogen) atoms. The van der Waals surface area contributed by atoms with Crippen LogP contribution in [0.5, 0.6) is 0 Å². The number of para-hydroxylation sites is 1. The zero-order chi connectivity index (χ0) is 15.9. The fourth-order valence-corrected chi connectivity index (χ4v) is 3.30. The number of hydrogen-bond donors (Lipinski definition) is 2. The molecule has 1 aliphatic rings. The van der Waals surface area contributed by atoms with Gasteiger partial charge in [0.05, 0.1) is 12.5 Å². The molecule has 1 fully saturated rings. The number of aromatic nitrogens is 1. The minimum absolute atomic E-state index is 0.0763. The Morgan fingerprint density at radius 2 is 2.04 bits per heavy atom. The second-order valence-corrected chi connectivity index (χ2v) is 6.37. The van der Waals surface area contributed by atoms with Crippen molar-refractivity contribution in [2.45, 2.75) is 51.0 Å². The molecule has 0 spiro atoms. The summed E-state index contributed by atoms with van der Waals surface area (Å²) in [5.74, 6) is 0.0763. The van der Waals surface area contributed by atoms with Gasteiger partial charge in [0.2, 0.25) is 5.91 Å². The molecule has 0 radical (unpaired) electrons. The number of aromatic amines is 1. The number of amides is 1. The topological polar surface area (TPSA) is 54.1 Å². The summed E-state index contributed by atoms with van der Waals surface area (Å²) in [6.07, 6.45) is 10.0. The van der Waals surface area contributed by atoms with Crippen molar-refractivity contribution >= 4 is 16.8 Å². The lowest BCUT2D eigenvalue weighted by atomic mass is 9.98. The van der Waals surface area contributed by atoms with Gasteiger partial charge >= 0.3 is 0 Å². The predicted octanol–water partition coefficient (Wildman–Crippen LogP) is 3.57. The first kappa shape index (κ1) is 16.1. The Bertz CT molecular complexity index is 629. The molecule has 4 heteroatoms. The molecule has 1 heterocycles. The van der Waals surface area contributed by atoms with Gasteiger partial charge in [-0.15, -0.1) is 0 Å². The molecule has 2 aromatic rings. The molecule has 124 valence electrons. The van der Waals surface area contributed by atoms with Gasteiger partial charge in [0, 0.05) is 30.3 Å². The Morgan fingerprint density at radius 1 is 1.22 bits per heavy atom. The third-order valence-electron chi connectivity index (χ3n) is 4.57. The molecule has 3 rings (SSSR count). The summed E-state index contributed by atoms with van der Waals surface area (Å²) in [5, 5.41) is 4.12. The number of hydrogen-bond acceptors (Lipinski definition) is 2. The van der Waals surface area contributed by atoms with Crippen LogP contribution >= 0.6 is 0 Å². The highest BCUT2D eigenvalue weighted by molar-refractivity contribution is 5.88. The summed E-state index contributed by atoms with van der Waals surface area (Å²) in [7, 11) is 0. The van der Waals surface area contributed by atoms with Gasteiger partial charge in [-0.25, -0.2) is 0 Å². The molecular weight excluding hydrogens is 288 g/mol. The Balaban J connectivity index is 1.35. The maximum absolute atomic E-state index is 12.1. The lowest BCUT2D eigenvalue weighted by Crippen LogP contribution is -2.27. The molecule has 2 N–H and O–H groups in total. The van der Waals surface area contributed by atoms with Gasteiger partial charge in [-0.05, 0) is 30.9 Å². The number of nitrogens with one attached hydrogen (secondary N) is 2. The number of carbonyl (C=O) groups is 1. The van der Waals surface area contributed by atoms with Gasteiger partial charge in [-0.3, -0.25) is 4.79 Å². The monoisotopic (exact) mass is 314 g/mol. The number of rotatable bonds is 7. The first-order chi connectivity index (χ1) is 11.3. The highest BCUT2D eigenvalue weighted by atomic mass is 16.5. The summed E-state index contributed by atoms with van der Waals surface area (Å²) in [6.45, 7) is 1.44. The number of ether oxygens (including phenoxy) is 1. The Labute approximate surface area is 137 Å². The first-order valence-electron chi connectivity index (χ1n) is 8.76. The fraction of sp³-hybridized carbons (Fsp3) is 0.526. The van der Waals surface area contributed by atoms with Gasteiger partial charge in [-0.2, -0.15) is 0 Å². The van der Waals surface area contributed by atoms with E-state index >= 15 is 0 Å². The molecule has 1 aromatic carbocycles. The van der Waals surface area contributed by atoms with Crippen molar-refractivity contribution in [3.8, 4) is 0 Å². The van der Waals surface area contributed by atoms with Crippen molar-refractivity contribution in [3.63, 3.8) is 0 Å². The summed E-state index contributed by atoms with van der Waals surface area (Å²) < 4.78 is 5.87. The minimum Gasteiger partial charge on any atom is -0.378 e. The molecule has 0 bridgehead atoms. The van der Waals surface area contributed by atoms with Crippen molar-refractivity contribution in [3.05, 3.63) is 36.0 Å². The minimum atomic E-state index is 0.0763. The summed E-state index contributed by atoms with van der Waals surface area (Å²) in [5.41, 5.74) is 2.13. The van der Waals surface area contributed by atoms with E-state index in [2.05, 4.69) is 10.3 Å². The summed E-state index contributed by atoms with van der Waals surface area (Å²) in [6, 6.07) is 8.07. The van der Waals surface area contributed by atoms with E-state index in [4.69, 9.17) is 4.74 Å². The maximum Gasteiger partial charge on any atom is 0.224 e. The number of fused-ring (bicyclic) bond motifs is 1. The van der Waals surface area contributed by atoms with E-state index in [9.17, 15) is 4.79 Å². The molecule has 0 saturated heterocycles. The van der Waals surface area contributed by atoms with Crippen LogP contribution in [0.4, 0.5) is 0 Å². The normalized spacial score (nSPS) is 15.8. The van der Waals surface area contributed by atoms with E-state index in [1.54, 1.807) is 0 Å². The lowest BCUT2D eigenvalue weighted by Gasteiger charge is -2.21. The van der Waals surface area contributed by atoms with E-state index in [0.717, 1.165) is 29.5 Å². The Hall–Kier alpha value is -1.81. The number of benzene rings is 1. The fourth-order valence-electron chi connectivity index (χ4n) is 3.30. The maximum atomic E-state index is 12.1. The van der Waals surface area contributed by atoms with Gasteiger partial charge in [0.15, 0.2) is 0 Å². The van der Waals surface area contributed by atoms with Crippen LogP contribution in [0.25, 0.3) is 10.9 Å². The van der Waals surface area contributed by atoms with Crippen LogP contribution in [0, 0.1) is 0 Å². The molecule has 4 nitrogen and oxygen atoms in total. The van der Waals surface area contributed by atoms with E-state index in [-0.39, 0.29) is 5.91 Å². The largest absolute Gasteiger partial charge is 0.378 e. The van der Waals surface area contributed by atoms with Crippen LogP contribution in [0.15, 0.2) is 30.5 Å². The van der Waals surface area contributed by atoms with Gasteiger partial charge in [-0.1, -0.05) is 37.5 Å². The molecule has 1 amide bonds. The zero-order valence-corrected chi connectivity index (χ0v) is 13.6. The smallest absolute Gasteiger partial charge is 0.224 e. The summed E-state index contributed by atoms with van der Waals surface area (Å²) >= 11 is 0. The highest BCUT2D eigenvalue weighted by Gasteiger charge is 2.13. The van der Waals surface area contributed by atoms with Crippen molar-refractivity contribution in [1.29, 1.82) is 0 Å². The van der Waals surface area contributed by atoms with Crippen molar-refractivity contribution in [1.82, 2.24) is 10.3 Å². The average Bonchev–Trinajstić information content (AvgIpc) is 2.99. The van der Waals surface area contributed by atoms with Gasteiger partial charge in [0.25, 0.3) is 0 Å². The second-order valence-electron chi connectivity index (χ2n) is 6.37. The second kappa shape index (κ2) is 8.16. The van der Waals surface area contributed by atoms with Gasteiger partial charge in [0.1, 0.15) is 0 Å². The van der Waals surface area contributed by atoms with Crippen LogP contribution < -0.4 is 5.32 Å². The molecule has 1 saturated carbocycles. The lowest BCUT2D eigenvalue weighted by molar-refractivity contribution is -0.120. The predicted molar refractivity (Wildman–Crippen MR) is 92.5 cm³/mol. The Kier molecular flexibility index (Phi) is 5.70. The molecule has 0 aliphatic heterocycles. The number of carbonyl (C=O) groups excluding carboxylic acids is 1. The van der Waals surface area contributed by atoms with Crippen LogP contribution in [-0.2, 0) is 16.0 Å². The molecule has 0 unspecified atom stereocenters. The van der Waals surface area contributed by atoms with Crippen LogP contribution in [0.3, 0.4) is 0 Å². The Morgan fingerprint density at radius 3 is 2.91 bits per heavy atom. The van der Waals surface area contributed by atoms with Crippen LogP contribution in [0.1, 0.15) is 44.1 Å². The quantitative estimate of drug-likeness (QED) is 0.768. The number of H-pyrrole nitrogens is 1. The molecule has 1 aromatic heterocycles. The summed E-state index contributed by atoms with van der Waals surface area (Å²) in [4.78, 5) is 15.3. The molecular formula is C19H26N2O2. The molecule has 0 atom stereocenters. The average molecular weight is 314 g/mol. The van der Waals surface area contributed by atoms with Crippen LogP contribution in [-0.4, -0.2) is 30.1 Å². The van der Waals surface area contributed by atoms with Crippen molar-refractivity contribution in [2.75, 3.05) is 13.2 Å². The van der Waals surface area contributed by atoms with E-state index in [1.807, 2.05) is 30.5 Å². The van der Waals surface area contributed by atoms with Gasteiger partial charge < -0.3 is 15.0 Å².